The Bertz CT molecular complexity index is 1140. The minimum Gasteiger partial charge on any atom is -0.449 e. The molecule has 4 rings (SSSR count). The lowest BCUT2D eigenvalue weighted by molar-refractivity contribution is -0.123. The van der Waals surface area contributed by atoms with Gasteiger partial charge in [0.15, 0.2) is 6.10 Å². The molecule has 0 radical (unpaired) electrons. The van der Waals surface area contributed by atoms with Crippen molar-refractivity contribution in [2.75, 3.05) is 18.5 Å². The minimum atomic E-state index is -1.10. The van der Waals surface area contributed by atoms with Crippen LogP contribution in [0.4, 0.5) is 5.69 Å². The van der Waals surface area contributed by atoms with Crippen LogP contribution >= 0.6 is 11.6 Å². The third kappa shape index (κ3) is 4.77. The van der Waals surface area contributed by atoms with Gasteiger partial charge in [-0.15, -0.1) is 0 Å². The first-order valence-electron chi connectivity index (χ1n) is 10.6. The molecule has 1 saturated heterocycles. The summed E-state index contributed by atoms with van der Waals surface area (Å²) in [6.45, 7) is 4.06. The summed E-state index contributed by atoms with van der Waals surface area (Å²) in [5, 5.41) is 3.15. The van der Waals surface area contributed by atoms with E-state index in [0.29, 0.717) is 17.3 Å². The van der Waals surface area contributed by atoms with Crippen LogP contribution in [-0.2, 0) is 14.3 Å². The molecule has 1 N–H and O–H groups in total. The lowest BCUT2D eigenvalue weighted by atomic mass is 10.1. The van der Waals surface area contributed by atoms with Crippen molar-refractivity contribution in [3.63, 3.8) is 0 Å². The Morgan fingerprint density at radius 1 is 1.18 bits per heavy atom. The molecule has 0 saturated carbocycles. The maximum absolute atomic E-state index is 12.8. The lowest BCUT2D eigenvalue weighted by Gasteiger charge is -2.17. The van der Waals surface area contributed by atoms with Crippen LogP contribution in [0.1, 0.15) is 56.4 Å². The third-order valence-corrected chi connectivity index (χ3v) is 5.96. The number of aryl methyl sites for hydroxylation is 1. The first kappa shape index (κ1) is 22.9. The molecular weight excluding hydrogens is 448 g/mol. The number of carbonyl (C=O) groups is 4. The zero-order valence-corrected chi connectivity index (χ0v) is 19.0. The molecule has 2 aromatic carbocycles. The van der Waals surface area contributed by atoms with Crippen molar-refractivity contribution < 1.29 is 28.7 Å². The molecule has 0 bridgehead atoms. The molecule has 2 unspecified atom stereocenters. The molecule has 2 atom stereocenters. The number of fused-ring (bicyclic) bond motifs is 1. The summed E-state index contributed by atoms with van der Waals surface area (Å²) < 4.78 is 10.8. The Labute approximate surface area is 195 Å². The highest BCUT2D eigenvalue weighted by Crippen LogP contribution is 2.26. The Morgan fingerprint density at radius 2 is 1.94 bits per heavy atom. The van der Waals surface area contributed by atoms with Gasteiger partial charge >= 0.3 is 5.97 Å². The summed E-state index contributed by atoms with van der Waals surface area (Å²) in [6, 6.07) is 9.25. The van der Waals surface area contributed by atoms with E-state index in [9.17, 15) is 19.2 Å². The molecule has 3 amide bonds. The fraction of sp³-hybridized carbons (Fsp3) is 0.333. The maximum atomic E-state index is 12.8. The van der Waals surface area contributed by atoms with Gasteiger partial charge in [0.25, 0.3) is 17.7 Å². The number of nitrogens with zero attached hydrogens (tertiary/aromatic N) is 1. The standard InChI is InChI=1S/C24H23ClN2O6/c1-13-5-7-16(25)11-20(13)26-21(28)14(2)33-24(31)15-6-8-18-19(10-15)23(30)27(22(18)29)12-17-4-3-9-32-17/h5-8,10-11,14,17H,3-4,9,12H2,1-2H3,(H,26,28). The molecule has 0 aliphatic carbocycles. The molecule has 2 aliphatic heterocycles. The van der Waals surface area contributed by atoms with E-state index < -0.39 is 29.8 Å². The summed E-state index contributed by atoms with van der Waals surface area (Å²) in [7, 11) is 0. The Hall–Kier alpha value is -3.23. The molecule has 9 heteroatoms. The second-order valence-electron chi connectivity index (χ2n) is 8.11. The number of rotatable bonds is 6. The second kappa shape index (κ2) is 9.33. The Kier molecular flexibility index (Phi) is 6.49. The number of esters is 1. The summed E-state index contributed by atoms with van der Waals surface area (Å²) in [5.41, 5.74) is 1.77. The molecule has 1 fully saturated rings. The van der Waals surface area contributed by atoms with Crippen molar-refractivity contribution in [1.82, 2.24) is 4.90 Å². The molecule has 0 spiro atoms. The summed E-state index contributed by atoms with van der Waals surface area (Å²) in [4.78, 5) is 51.7. The number of ether oxygens (including phenoxy) is 2. The third-order valence-electron chi connectivity index (χ3n) is 5.73. The summed E-state index contributed by atoms with van der Waals surface area (Å²) >= 11 is 5.97. The molecule has 2 heterocycles. The first-order valence-corrected chi connectivity index (χ1v) is 11.0. The average molecular weight is 471 g/mol. The van der Waals surface area contributed by atoms with Gasteiger partial charge in [0.1, 0.15) is 0 Å². The van der Waals surface area contributed by atoms with E-state index in [4.69, 9.17) is 21.1 Å². The largest absolute Gasteiger partial charge is 0.449 e. The Morgan fingerprint density at radius 3 is 2.67 bits per heavy atom. The molecule has 8 nitrogen and oxygen atoms in total. The van der Waals surface area contributed by atoms with E-state index in [-0.39, 0.29) is 29.3 Å². The van der Waals surface area contributed by atoms with Crippen LogP contribution in [-0.4, -0.2) is 54.0 Å². The molecule has 2 aromatic rings. The zero-order valence-electron chi connectivity index (χ0n) is 18.2. The van der Waals surface area contributed by atoms with E-state index >= 15 is 0 Å². The average Bonchev–Trinajstić information content (AvgIpc) is 3.39. The minimum absolute atomic E-state index is 0.0763. The fourth-order valence-corrected chi connectivity index (χ4v) is 3.99. The summed E-state index contributed by atoms with van der Waals surface area (Å²) in [5.74, 6) is -2.18. The number of hydrogen-bond acceptors (Lipinski definition) is 6. The number of nitrogens with one attached hydrogen (secondary N) is 1. The SMILES string of the molecule is Cc1ccc(Cl)cc1NC(=O)C(C)OC(=O)c1ccc2c(c1)C(=O)N(CC1CCCO1)C2=O. The topological polar surface area (TPSA) is 102 Å². The molecule has 2 aliphatic rings. The van der Waals surface area contributed by atoms with Crippen molar-refractivity contribution >= 4 is 41.0 Å². The number of amides is 3. The van der Waals surface area contributed by atoms with Gasteiger partial charge in [-0.25, -0.2) is 4.79 Å². The van der Waals surface area contributed by atoms with E-state index in [1.54, 1.807) is 18.2 Å². The number of halogens is 1. The number of imide groups is 1. The first-order chi connectivity index (χ1) is 15.7. The van der Waals surface area contributed by atoms with E-state index in [1.807, 2.05) is 6.92 Å². The van der Waals surface area contributed by atoms with Crippen LogP contribution in [0.2, 0.25) is 5.02 Å². The molecule has 172 valence electrons. The van der Waals surface area contributed by atoms with Crippen molar-refractivity contribution in [3.8, 4) is 0 Å². The fourth-order valence-electron chi connectivity index (χ4n) is 3.82. The van der Waals surface area contributed by atoms with Crippen LogP contribution in [0.3, 0.4) is 0 Å². The second-order valence-corrected chi connectivity index (χ2v) is 8.55. The van der Waals surface area contributed by atoms with Crippen molar-refractivity contribution in [2.24, 2.45) is 0 Å². The predicted molar refractivity (Wildman–Crippen MR) is 120 cm³/mol. The monoisotopic (exact) mass is 470 g/mol. The number of carbonyl (C=O) groups excluding carboxylic acids is 4. The van der Waals surface area contributed by atoms with Crippen LogP contribution in [0.25, 0.3) is 0 Å². The van der Waals surface area contributed by atoms with E-state index in [2.05, 4.69) is 5.32 Å². The van der Waals surface area contributed by atoms with Gasteiger partial charge in [0.05, 0.1) is 29.3 Å². The van der Waals surface area contributed by atoms with Crippen LogP contribution in [0.5, 0.6) is 0 Å². The highest BCUT2D eigenvalue weighted by atomic mass is 35.5. The van der Waals surface area contributed by atoms with Gasteiger partial charge in [-0.1, -0.05) is 17.7 Å². The number of hydrogen-bond donors (Lipinski definition) is 1. The predicted octanol–water partition coefficient (Wildman–Crippen LogP) is 3.61. The lowest BCUT2D eigenvalue weighted by Crippen LogP contribution is -2.36. The van der Waals surface area contributed by atoms with Crippen LogP contribution in [0, 0.1) is 6.92 Å². The van der Waals surface area contributed by atoms with E-state index in [1.165, 1.54) is 25.1 Å². The number of anilines is 1. The van der Waals surface area contributed by atoms with Crippen molar-refractivity contribution in [1.29, 1.82) is 0 Å². The quantitative estimate of drug-likeness (QED) is 0.511. The highest BCUT2D eigenvalue weighted by molar-refractivity contribution is 6.31. The maximum Gasteiger partial charge on any atom is 0.338 e. The smallest absolute Gasteiger partial charge is 0.338 e. The van der Waals surface area contributed by atoms with Gasteiger partial charge in [0.2, 0.25) is 0 Å². The van der Waals surface area contributed by atoms with Gasteiger partial charge < -0.3 is 14.8 Å². The van der Waals surface area contributed by atoms with Gasteiger partial charge in [0, 0.05) is 17.3 Å². The van der Waals surface area contributed by atoms with Gasteiger partial charge in [-0.05, 0) is 62.6 Å². The van der Waals surface area contributed by atoms with E-state index in [0.717, 1.165) is 23.3 Å². The highest BCUT2D eigenvalue weighted by Gasteiger charge is 2.38. The number of benzene rings is 2. The van der Waals surface area contributed by atoms with Gasteiger partial charge in [-0.2, -0.15) is 0 Å². The molecule has 0 aromatic heterocycles. The summed E-state index contributed by atoms with van der Waals surface area (Å²) in [6.07, 6.45) is 0.420. The van der Waals surface area contributed by atoms with Crippen LogP contribution < -0.4 is 5.32 Å². The molecular formula is C24H23ClN2O6. The van der Waals surface area contributed by atoms with Gasteiger partial charge in [-0.3, -0.25) is 19.3 Å². The molecule has 33 heavy (non-hydrogen) atoms. The van der Waals surface area contributed by atoms with Crippen LogP contribution in [0.15, 0.2) is 36.4 Å². The Balaban J connectivity index is 1.43. The normalized spacial score (nSPS) is 18.3. The zero-order chi connectivity index (χ0) is 23.7. The van der Waals surface area contributed by atoms with Crippen molar-refractivity contribution in [2.45, 2.75) is 38.9 Å². The van der Waals surface area contributed by atoms with Crippen molar-refractivity contribution in [3.05, 3.63) is 63.7 Å².